The number of hydrogen-bond donors (Lipinski definition) is 1. The molecular weight excluding hydrogens is 448 g/mol. The summed E-state index contributed by atoms with van der Waals surface area (Å²) in [5, 5.41) is 11.7. The first kappa shape index (κ1) is 24.3. The van der Waals surface area contributed by atoms with Crippen LogP contribution in [0.1, 0.15) is 36.0 Å². The van der Waals surface area contributed by atoms with Crippen LogP contribution in [0.5, 0.6) is 11.5 Å². The fourth-order valence-electron chi connectivity index (χ4n) is 4.58. The summed E-state index contributed by atoms with van der Waals surface area (Å²) in [6.07, 6.45) is 0. The SMILES string of the molecule is CCN(CC)CCN1C(=O)C(O)=C(C(=O)c2cc3ccccc3o2)[C@H]1c1cccc(OC)c1OC. The van der Waals surface area contributed by atoms with Crippen LogP contribution in [0.2, 0.25) is 0 Å². The van der Waals surface area contributed by atoms with Gasteiger partial charge in [0.15, 0.2) is 23.0 Å². The van der Waals surface area contributed by atoms with Gasteiger partial charge in [-0.1, -0.05) is 44.2 Å². The number of carbonyl (C=O) groups is 2. The molecule has 1 N–H and O–H groups in total. The Morgan fingerprint density at radius 3 is 2.49 bits per heavy atom. The molecule has 0 radical (unpaired) electrons. The van der Waals surface area contributed by atoms with Crippen LogP contribution in [-0.2, 0) is 4.79 Å². The van der Waals surface area contributed by atoms with Gasteiger partial charge in [-0.05, 0) is 31.3 Å². The summed E-state index contributed by atoms with van der Waals surface area (Å²) in [6, 6.07) is 13.3. The first-order chi connectivity index (χ1) is 16.9. The highest BCUT2D eigenvalue weighted by molar-refractivity contribution is 6.16. The molecule has 8 nitrogen and oxygen atoms in total. The van der Waals surface area contributed by atoms with Crippen LogP contribution in [0.25, 0.3) is 11.0 Å². The lowest BCUT2D eigenvalue weighted by molar-refractivity contribution is -0.129. The molecule has 35 heavy (non-hydrogen) atoms. The summed E-state index contributed by atoms with van der Waals surface area (Å²) in [5.74, 6) is -0.824. The average Bonchev–Trinajstić information content (AvgIpc) is 3.43. The number of aliphatic hydroxyl groups is 1. The normalized spacial score (nSPS) is 16.0. The van der Waals surface area contributed by atoms with Gasteiger partial charge in [0.25, 0.3) is 5.91 Å². The molecule has 1 aliphatic heterocycles. The van der Waals surface area contributed by atoms with Crippen molar-refractivity contribution in [1.29, 1.82) is 0 Å². The van der Waals surface area contributed by atoms with Crippen molar-refractivity contribution in [3.63, 3.8) is 0 Å². The maximum Gasteiger partial charge on any atom is 0.290 e. The monoisotopic (exact) mass is 478 g/mol. The van der Waals surface area contributed by atoms with E-state index in [-0.39, 0.29) is 11.3 Å². The van der Waals surface area contributed by atoms with Crippen molar-refractivity contribution in [2.75, 3.05) is 40.4 Å². The van der Waals surface area contributed by atoms with Crippen LogP contribution in [-0.4, -0.2) is 67.0 Å². The van der Waals surface area contributed by atoms with Crippen LogP contribution in [0, 0.1) is 0 Å². The zero-order valence-electron chi connectivity index (χ0n) is 20.4. The Hall–Kier alpha value is -3.78. The van der Waals surface area contributed by atoms with Crippen LogP contribution >= 0.6 is 0 Å². The summed E-state index contributed by atoms with van der Waals surface area (Å²) in [5.41, 5.74) is 1.05. The molecule has 0 saturated carbocycles. The molecular formula is C27H30N2O6. The lowest BCUT2D eigenvalue weighted by atomic mass is 9.94. The Morgan fingerprint density at radius 2 is 1.83 bits per heavy atom. The molecule has 1 amide bonds. The van der Waals surface area contributed by atoms with Gasteiger partial charge < -0.3 is 28.8 Å². The lowest BCUT2D eigenvalue weighted by Gasteiger charge is -2.30. The minimum atomic E-state index is -0.871. The number of amides is 1. The van der Waals surface area contributed by atoms with Gasteiger partial charge in [-0.2, -0.15) is 0 Å². The number of likely N-dealkylation sites (N-methyl/N-ethyl adjacent to an activating group) is 1. The largest absolute Gasteiger partial charge is 0.503 e. The first-order valence-corrected chi connectivity index (χ1v) is 11.7. The van der Waals surface area contributed by atoms with E-state index >= 15 is 0 Å². The molecule has 0 unspecified atom stereocenters. The van der Waals surface area contributed by atoms with E-state index in [1.54, 1.807) is 30.3 Å². The number of aliphatic hydroxyl groups excluding tert-OH is 1. The minimum absolute atomic E-state index is 0.0415. The maximum absolute atomic E-state index is 13.7. The molecule has 4 rings (SSSR count). The number of hydrogen-bond acceptors (Lipinski definition) is 7. The second-order valence-electron chi connectivity index (χ2n) is 8.25. The van der Waals surface area contributed by atoms with Gasteiger partial charge in [-0.3, -0.25) is 9.59 Å². The number of para-hydroxylation sites is 2. The molecule has 8 heteroatoms. The maximum atomic E-state index is 13.7. The number of ketones is 1. The summed E-state index contributed by atoms with van der Waals surface area (Å²) in [7, 11) is 3.02. The summed E-state index contributed by atoms with van der Waals surface area (Å²) in [4.78, 5) is 30.7. The summed E-state index contributed by atoms with van der Waals surface area (Å²) >= 11 is 0. The number of ether oxygens (including phenoxy) is 2. The number of carbonyl (C=O) groups excluding carboxylic acids is 2. The molecule has 2 heterocycles. The third-order valence-electron chi connectivity index (χ3n) is 6.48. The Balaban J connectivity index is 1.83. The highest BCUT2D eigenvalue weighted by Gasteiger charge is 2.45. The van der Waals surface area contributed by atoms with Crippen molar-refractivity contribution in [3.8, 4) is 11.5 Å². The van der Waals surface area contributed by atoms with Crippen molar-refractivity contribution in [3.05, 3.63) is 71.2 Å². The summed E-state index contributed by atoms with van der Waals surface area (Å²) < 4.78 is 16.9. The molecule has 1 atom stereocenters. The molecule has 0 fully saturated rings. The third-order valence-corrected chi connectivity index (χ3v) is 6.48. The van der Waals surface area contributed by atoms with Crippen molar-refractivity contribution in [1.82, 2.24) is 9.80 Å². The molecule has 2 aromatic carbocycles. The van der Waals surface area contributed by atoms with Gasteiger partial charge >= 0.3 is 0 Å². The van der Waals surface area contributed by atoms with E-state index in [0.717, 1.165) is 18.5 Å². The standard InChI is InChI=1S/C27H30N2O6/c1-5-28(6-2)14-15-29-23(18-11-9-13-20(33-3)26(18)34-4)22(25(31)27(29)32)24(30)21-16-17-10-7-8-12-19(17)35-21/h7-13,16,23,31H,5-6,14-15H2,1-4H3/t23-/m1/s1. The van der Waals surface area contributed by atoms with Crippen LogP contribution in [0.15, 0.2) is 64.3 Å². The van der Waals surface area contributed by atoms with Gasteiger partial charge in [-0.15, -0.1) is 0 Å². The quantitative estimate of drug-likeness (QED) is 0.433. The Kier molecular flexibility index (Phi) is 7.12. The number of fused-ring (bicyclic) bond motifs is 1. The van der Waals surface area contributed by atoms with E-state index in [1.165, 1.54) is 19.1 Å². The number of rotatable bonds is 10. The van der Waals surface area contributed by atoms with Crippen molar-refractivity contribution in [2.24, 2.45) is 0 Å². The molecule has 3 aromatic rings. The van der Waals surface area contributed by atoms with Crippen molar-refractivity contribution < 1.29 is 28.6 Å². The molecule has 0 spiro atoms. The highest BCUT2D eigenvalue weighted by Crippen LogP contribution is 2.45. The Labute approximate surface area is 204 Å². The van der Waals surface area contributed by atoms with Crippen LogP contribution < -0.4 is 9.47 Å². The van der Waals surface area contributed by atoms with Crippen LogP contribution in [0.4, 0.5) is 0 Å². The number of nitrogens with zero attached hydrogens (tertiary/aromatic N) is 2. The Bertz CT molecular complexity index is 1240. The lowest BCUT2D eigenvalue weighted by Crippen LogP contribution is -2.38. The number of Topliss-reactive ketones (excluding diaryl/α,β-unsaturated/α-hetero) is 1. The number of furan rings is 1. The molecule has 0 bridgehead atoms. The van der Waals surface area contributed by atoms with Crippen molar-refractivity contribution in [2.45, 2.75) is 19.9 Å². The fourth-order valence-corrected chi connectivity index (χ4v) is 4.58. The van der Waals surface area contributed by atoms with Gasteiger partial charge in [0.2, 0.25) is 5.78 Å². The van der Waals surface area contributed by atoms with E-state index in [2.05, 4.69) is 4.90 Å². The first-order valence-electron chi connectivity index (χ1n) is 11.7. The van der Waals surface area contributed by atoms with E-state index in [1.807, 2.05) is 32.0 Å². The van der Waals surface area contributed by atoms with E-state index in [0.29, 0.717) is 35.7 Å². The smallest absolute Gasteiger partial charge is 0.290 e. The van der Waals surface area contributed by atoms with Gasteiger partial charge in [0.05, 0.1) is 25.8 Å². The molecule has 1 aromatic heterocycles. The minimum Gasteiger partial charge on any atom is -0.503 e. The van der Waals surface area contributed by atoms with E-state index in [9.17, 15) is 14.7 Å². The molecule has 0 aliphatic carbocycles. The second kappa shape index (κ2) is 10.2. The Morgan fingerprint density at radius 1 is 1.09 bits per heavy atom. The predicted molar refractivity (Wildman–Crippen MR) is 132 cm³/mol. The van der Waals surface area contributed by atoms with Crippen molar-refractivity contribution >= 4 is 22.7 Å². The van der Waals surface area contributed by atoms with Crippen LogP contribution in [0.3, 0.4) is 0 Å². The average molecular weight is 479 g/mol. The number of benzene rings is 2. The second-order valence-corrected chi connectivity index (χ2v) is 8.25. The fraction of sp³-hybridized carbons (Fsp3) is 0.333. The zero-order valence-corrected chi connectivity index (χ0v) is 20.4. The van der Waals surface area contributed by atoms with E-state index in [4.69, 9.17) is 13.9 Å². The van der Waals surface area contributed by atoms with Gasteiger partial charge in [0.1, 0.15) is 5.58 Å². The molecule has 184 valence electrons. The zero-order chi connectivity index (χ0) is 25.1. The summed E-state index contributed by atoms with van der Waals surface area (Å²) in [6.45, 7) is 6.62. The van der Waals surface area contributed by atoms with E-state index < -0.39 is 23.5 Å². The number of methoxy groups -OCH3 is 2. The highest BCUT2D eigenvalue weighted by atomic mass is 16.5. The third kappa shape index (κ3) is 4.37. The predicted octanol–water partition coefficient (Wildman–Crippen LogP) is 4.37. The molecule has 0 saturated heterocycles. The molecule has 1 aliphatic rings. The van der Waals surface area contributed by atoms with Gasteiger partial charge in [-0.25, -0.2) is 0 Å². The topological polar surface area (TPSA) is 92.5 Å². The van der Waals surface area contributed by atoms with Gasteiger partial charge in [0, 0.05) is 24.0 Å².